The van der Waals surface area contributed by atoms with E-state index in [2.05, 4.69) is 55.4 Å². The Morgan fingerprint density at radius 1 is 0.412 bits per heavy atom. The first kappa shape index (κ1) is 50.7. The Hall–Kier alpha value is -0.261. The second-order valence-electron chi connectivity index (χ2n) is 16.7. The third-order valence-corrected chi connectivity index (χ3v) is 21.3. The zero-order chi connectivity index (χ0) is 38.0. The van der Waals surface area contributed by atoms with Crippen molar-refractivity contribution in [1.29, 1.82) is 0 Å². The van der Waals surface area contributed by atoms with E-state index in [1.165, 1.54) is 141 Å². The molecular formula is C46H92O4Sn. The van der Waals surface area contributed by atoms with Gasteiger partial charge in [0.2, 0.25) is 0 Å². The SMILES string of the molecule is CCCCCCCCCCC[CH2][Sn]([CH2]CCCCCCCCCCC)([O]C(=O)C(C)CC(CC)CCCC)[O]C(=O)C(C)CC(CC)CCCC. The van der Waals surface area contributed by atoms with E-state index in [-0.39, 0.29) is 23.8 Å². The van der Waals surface area contributed by atoms with Crippen LogP contribution < -0.4 is 0 Å². The Morgan fingerprint density at radius 2 is 0.686 bits per heavy atom. The Labute approximate surface area is 325 Å². The molecule has 0 amide bonds. The van der Waals surface area contributed by atoms with Crippen molar-refractivity contribution in [2.75, 3.05) is 0 Å². The standard InChI is InChI=1S/2C12H25.2C11H22O2.Sn/c2*1-3-5-7-9-11-12-10-8-6-4-2;2*1-4-6-7-10(5-2)8-9(3)11(12)13;/h2*1,3-12H2,2H3;2*9-10H,4-8H2,1-3H3,(H,12,13);/q;;;;+2/p-2. The van der Waals surface area contributed by atoms with Crippen molar-refractivity contribution in [3.63, 3.8) is 0 Å². The van der Waals surface area contributed by atoms with E-state index in [0.29, 0.717) is 11.8 Å². The maximum atomic E-state index is 14.0. The summed E-state index contributed by atoms with van der Waals surface area (Å²) in [6.07, 6.45) is 36.7. The molecule has 0 saturated heterocycles. The van der Waals surface area contributed by atoms with Gasteiger partial charge in [-0.2, -0.15) is 0 Å². The molecule has 0 aromatic rings. The van der Waals surface area contributed by atoms with Crippen LogP contribution in [0.4, 0.5) is 0 Å². The van der Waals surface area contributed by atoms with E-state index in [0.717, 1.165) is 60.2 Å². The van der Waals surface area contributed by atoms with Crippen molar-refractivity contribution in [1.82, 2.24) is 0 Å². The third kappa shape index (κ3) is 27.9. The Morgan fingerprint density at radius 3 is 0.961 bits per heavy atom. The molecule has 0 heterocycles. The van der Waals surface area contributed by atoms with E-state index in [9.17, 15) is 9.59 Å². The van der Waals surface area contributed by atoms with Crippen molar-refractivity contribution in [3.8, 4) is 0 Å². The number of hydrogen-bond acceptors (Lipinski definition) is 4. The summed E-state index contributed by atoms with van der Waals surface area (Å²) in [5.41, 5.74) is 0. The quantitative estimate of drug-likeness (QED) is 0.0460. The topological polar surface area (TPSA) is 52.6 Å². The molecule has 4 nitrogen and oxygen atoms in total. The predicted octanol–water partition coefficient (Wildman–Crippen LogP) is 15.8. The first-order valence-corrected chi connectivity index (χ1v) is 29.5. The number of carbonyl (C=O) groups excluding carboxylic acids is 2. The fourth-order valence-corrected chi connectivity index (χ4v) is 17.6. The van der Waals surface area contributed by atoms with Crippen molar-refractivity contribution in [3.05, 3.63) is 0 Å². The summed E-state index contributed by atoms with van der Waals surface area (Å²) in [5.74, 6) is 0.677. The van der Waals surface area contributed by atoms with Crippen LogP contribution in [0.2, 0.25) is 8.87 Å². The van der Waals surface area contributed by atoms with Crippen LogP contribution in [0.15, 0.2) is 0 Å². The minimum absolute atomic E-state index is 0.0743. The summed E-state index contributed by atoms with van der Waals surface area (Å²) >= 11 is -4.10. The summed E-state index contributed by atoms with van der Waals surface area (Å²) in [5, 5.41) is 0. The first-order valence-electron chi connectivity index (χ1n) is 23.2. The van der Waals surface area contributed by atoms with E-state index in [1.54, 1.807) is 0 Å². The van der Waals surface area contributed by atoms with Crippen LogP contribution in [0.25, 0.3) is 0 Å². The molecule has 0 aliphatic heterocycles. The average Bonchev–Trinajstić information content (AvgIpc) is 3.12. The molecule has 4 atom stereocenters. The molecule has 0 aromatic carbocycles. The molecule has 51 heavy (non-hydrogen) atoms. The summed E-state index contributed by atoms with van der Waals surface area (Å²) in [6, 6.07) is 0. The fourth-order valence-electron chi connectivity index (χ4n) is 7.84. The molecule has 0 fully saturated rings. The van der Waals surface area contributed by atoms with Gasteiger partial charge in [0.05, 0.1) is 0 Å². The number of unbranched alkanes of at least 4 members (excludes halogenated alkanes) is 20. The summed E-state index contributed by atoms with van der Waals surface area (Å²) in [6.45, 7) is 17.7. The van der Waals surface area contributed by atoms with Gasteiger partial charge in [-0.1, -0.05) is 0 Å². The van der Waals surface area contributed by atoms with Gasteiger partial charge in [-0.25, -0.2) is 0 Å². The molecule has 0 spiro atoms. The summed E-state index contributed by atoms with van der Waals surface area (Å²) in [4.78, 5) is 28.0. The molecule has 0 saturated carbocycles. The van der Waals surface area contributed by atoms with Gasteiger partial charge in [-0.05, 0) is 0 Å². The van der Waals surface area contributed by atoms with Crippen molar-refractivity contribution in [2.45, 2.75) is 257 Å². The Bertz CT molecular complexity index is 721. The zero-order valence-corrected chi connectivity index (χ0v) is 38.9. The van der Waals surface area contributed by atoms with Crippen LogP contribution in [0.3, 0.4) is 0 Å². The maximum absolute atomic E-state index is 14.0. The van der Waals surface area contributed by atoms with Gasteiger partial charge in [0.25, 0.3) is 0 Å². The van der Waals surface area contributed by atoms with E-state index in [1.807, 2.05) is 0 Å². The Kier molecular flexibility index (Phi) is 35.3. The second kappa shape index (κ2) is 35.4. The van der Waals surface area contributed by atoms with Crippen LogP contribution in [0, 0.1) is 23.7 Å². The molecule has 0 aliphatic rings. The molecule has 0 aliphatic carbocycles. The monoisotopic (exact) mass is 829 g/mol. The van der Waals surface area contributed by atoms with Gasteiger partial charge in [-0.3, -0.25) is 0 Å². The van der Waals surface area contributed by atoms with Crippen LogP contribution in [-0.4, -0.2) is 31.1 Å². The average molecular weight is 828 g/mol. The molecule has 0 rings (SSSR count). The van der Waals surface area contributed by atoms with Gasteiger partial charge in [-0.15, -0.1) is 0 Å². The molecule has 4 unspecified atom stereocenters. The molecule has 304 valence electrons. The van der Waals surface area contributed by atoms with Crippen LogP contribution in [-0.2, 0) is 15.7 Å². The van der Waals surface area contributed by atoms with E-state index < -0.39 is 19.2 Å². The van der Waals surface area contributed by atoms with E-state index in [4.69, 9.17) is 6.15 Å². The minimum atomic E-state index is -4.10. The Balaban J connectivity index is 5.79. The fraction of sp³-hybridized carbons (Fsp3) is 0.957. The first-order chi connectivity index (χ1) is 24.7. The van der Waals surface area contributed by atoms with Gasteiger partial charge >= 0.3 is 327 Å². The molecule has 0 N–H and O–H groups in total. The van der Waals surface area contributed by atoms with Crippen LogP contribution >= 0.6 is 0 Å². The normalized spacial score (nSPS) is 14.3. The number of rotatable bonds is 38. The third-order valence-electron chi connectivity index (χ3n) is 11.7. The summed E-state index contributed by atoms with van der Waals surface area (Å²) in [7, 11) is 0. The molecule has 5 heteroatoms. The number of hydrogen-bond donors (Lipinski definition) is 0. The van der Waals surface area contributed by atoms with Crippen molar-refractivity contribution in [2.24, 2.45) is 23.7 Å². The van der Waals surface area contributed by atoms with Crippen molar-refractivity contribution >= 4 is 31.1 Å². The van der Waals surface area contributed by atoms with Gasteiger partial charge in [0.1, 0.15) is 0 Å². The van der Waals surface area contributed by atoms with Gasteiger partial charge in [0.15, 0.2) is 0 Å². The number of carbonyl (C=O) groups is 2. The molecule has 0 radical (unpaired) electrons. The van der Waals surface area contributed by atoms with Crippen LogP contribution in [0.1, 0.15) is 248 Å². The zero-order valence-electron chi connectivity index (χ0n) is 36.1. The van der Waals surface area contributed by atoms with Crippen molar-refractivity contribution < 1.29 is 15.7 Å². The van der Waals surface area contributed by atoms with E-state index >= 15 is 0 Å². The molecule has 0 bridgehead atoms. The molecule has 0 aromatic heterocycles. The van der Waals surface area contributed by atoms with Gasteiger partial charge < -0.3 is 0 Å². The summed E-state index contributed by atoms with van der Waals surface area (Å²) < 4.78 is 15.2. The predicted molar refractivity (Wildman–Crippen MR) is 225 cm³/mol. The second-order valence-corrected chi connectivity index (χ2v) is 25.9. The van der Waals surface area contributed by atoms with Gasteiger partial charge in [0, 0.05) is 0 Å². The molecular weight excluding hydrogens is 735 g/mol. The van der Waals surface area contributed by atoms with Crippen LogP contribution in [0.5, 0.6) is 0 Å².